The van der Waals surface area contributed by atoms with Crippen LogP contribution in [-0.4, -0.2) is 47.4 Å². The van der Waals surface area contributed by atoms with Crippen LogP contribution in [0.2, 0.25) is 0 Å². The summed E-state index contributed by atoms with van der Waals surface area (Å²) in [5.41, 5.74) is 0.837. The molecular formula is C14H16N2O4. The van der Waals surface area contributed by atoms with Gasteiger partial charge in [0.2, 0.25) is 5.91 Å². The maximum atomic E-state index is 12.0. The molecule has 0 radical (unpaired) electrons. The van der Waals surface area contributed by atoms with Crippen LogP contribution in [0.3, 0.4) is 0 Å². The van der Waals surface area contributed by atoms with E-state index in [-0.39, 0.29) is 43.8 Å². The fourth-order valence-electron chi connectivity index (χ4n) is 2.12. The summed E-state index contributed by atoms with van der Waals surface area (Å²) in [6.07, 6.45) is 0.621. The molecule has 0 spiro atoms. The normalized spacial score (nSPS) is 13.6. The highest BCUT2D eigenvalue weighted by Crippen LogP contribution is 2.22. The molecule has 0 saturated heterocycles. The van der Waals surface area contributed by atoms with Crippen LogP contribution in [-0.2, 0) is 4.79 Å². The average Bonchev–Trinajstić information content (AvgIpc) is 2.70. The molecule has 0 atom stereocenters. The molecule has 0 aromatic heterocycles. The van der Waals surface area contributed by atoms with E-state index in [1.807, 2.05) is 0 Å². The van der Waals surface area contributed by atoms with Gasteiger partial charge in [0, 0.05) is 19.5 Å². The van der Waals surface area contributed by atoms with Gasteiger partial charge in [-0.15, -0.1) is 0 Å². The highest BCUT2D eigenvalue weighted by atomic mass is 16.3. The van der Waals surface area contributed by atoms with Gasteiger partial charge in [-0.05, 0) is 18.6 Å². The number of imide groups is 1. The van der Waals surface area contributed by atoms with Gasteiger partial charge in [0.05, 0.1) is 17.7 Å². The van der Waals surface area contributed by atoms with E-state index in [9.17, 15) is 14.4 Å². The third-order valence-corrected chi connectivity index (χ3v) is 3.10. The standard InChI is InChI=1S/C14H16N2O4/c17-9-7-15-12(18)6-3-8-16-13(19)10-4-1-2-5-11(10)14(16)20/h1-2,4-5,17H,3,6-9H2,(H,15,18). The Morgan fingerprint density at radius 3 is 2.30 bits per heavy atom. The number of rotatable bonds is 6. The van der Waals surface area contributed by atoms with E-state index >= 15 is 0 Å². The van der Waals surface area contributed by atoms with Crippen LogP contribution in [0.4, 0.5) is 0 Å². The summed E-state index contributed by atoms with van der Waals surface area (Å²) in [4.78, 5) is 36.6. The smallest absolute Gasteiger partial charge is 0.261 e. The lowest BCUT2D eigenvalue weighted by Gasteiger charge is -2.13. The summed E-state index contributed by atoms with van der Waals surface area (Å²) in [7, 11) is 0. The first kappa shape index (κ1) is 14.2. The van der Waals surface area contributed by atoms with Crippen molar-refractivity contribution in [3.05, 3.63) is 35.4 Å². The lowest BCUT2D eigenvalue weighted by Crippen LogP contribution is -2.32. The largest absolute Gasteiger partial charge is 0.395 e. The van der Waals surface area contributed by atoms with Crippen molar-refractivity contribution < 1.29 is 19.5 Å². The molecule has 0 saturated carbocycles. The van der Waals surface area contributed by atoms with Crippen LogP contribution in [0.25, 0.3) is 0 Å². The van der Waals surface area contributed by atoms with E-state index in [0.29, 0.717) is 17.5 Å². The maximum absolute atomic E-state index is 12.0. The first-order chi connectivity index (χ1) is 9.65. The maximum Gasteiger partial charge on any atom is 0.261 e. The minimum absolute atomic E-state index is 0.107. The van der Waals surface area contributed by atoms with Crippen molar-refractivity contribution in [2.75, 3.05) is 19.7 Å². The highest BCUT2D eigenvalue weighted by molar-refractivity contribution is 6.21. The number of amides is 3. The number of hydrogen-bond acceptors (Lipinski definition) is 4. The van der Waals surface area contributed by atoms with Gasteiger partial charge in [0.1, 0.15) is 0 Å². The summed E-state index contributed by atoms with van der Waals surface area (Å²) in [5.74, 6) is -0.807. The molecule has 0 fully saturated rings. The van der Waals surface area contributed by atoms with E-state index in [0.717, 1.165) is 0 Å². The Balaban J connectivity index is 1.88. The van der Waals surface area contributed by atoms with Gasteiger partial charge in [-0.1, -0.05) is 12.1 Å². The second-order valence-corrected chi connectivity index (χ2v) is 4.48. The lowest BCUT2D eigenvalue weighted by molar-refractivity contribution is -0.121. The molecule has 0 bridgehead atoms. The summed E-state index contributed by atoms with van der Waals surface area (Å²) >= 11 is 0. The van der Waals surface area contributed by atoms with Gasteiger partial charge in [0.15, 0.2) is 0 Å². The minimum atomic E-state index is -0.304. The van der Waals surface area contributed by atoms with E-state index in [2.05, 4.69) is 5.32 Å². The third kappa shape index (κ3) is 2.85. The van der Waals surface area contributed by atoms with Gasteiger partial charge < -0.3 is 10.4 Å². The zero-order chi connectivity index (χ0) is 14.5. The van der Waals surface area contributed by atoms with Crippen molar-refractivity contribution in [3.8, 4) is 0 Å². The van der Waals surface area contributed by atoms with Crippen LogP contribution < -0.4 is 5.32 Å². The molecule has 1 heterocycles. The zero-order valence-corrected chi connectivity index (χ0v) is 11.0. The van der Waals surface area contributed by atoms with E-state index in [1.165, 1.54) is 4.90 Å². The molecule has 6 nitrogen and oxygen atoms in total. The van der Waals surface area contributed by atoms with Crippen LogP contribution in [0, 0.1) is 0 Å². The number of carbonyl (C=O) groups excluding carboxylic acids is 3. The number of aliphatic hydroxyl groups is 1. The zero-order valence-electron chi connectivity index (χ0n) is 11.0. The quantitative estimate of drug-likeness (QED) is 0.725. The molecule has 1 aromatic carbocycles. The van der Waals surface area contributed by atoms with Gasteiger partial charge in [-0.2, -0.15) is 0 Å². The molecule has 1 aliphatic heterocycles. The predicted molar refractivity (Wildman–Crippen MR) is 71.1 cm³/mol. The van der Waals surface area contributed by atoms with Gasteiger partial charge in [-0.25, -0.2) is 0 Å². The highest BCUT2D eigenvalue weighted by Gasteiger charge is 2.34. The molecule has 1 aromatic rings. The topological polar surface area (TPSA) is 86.7 Å². The Morgan fingerprint density at radius 2 is 1.75 bits per heavy atom. The summed E-state index contributed by atoms with van der Waals surface area (Å²) in [5, 5.41) is 11.1. The summed E-state index contributed by atoms with van der Waals surface area (Å²) < 4.78 is 0. The predicted octanol–water partition coefficient (Wildman–Crippen LogP) is 0.171. The van der Waals surface area contributed by atoms with Crippen molar-refractivity contribution in [2.24, 2.45) is 0 Å². The summed E-state index contributed by atoms with van der Waals surface area (Å²) in [6.45, 7) is 0.328. The Morgan fingerprint density at radius 1 is 1.15 bits per heavy atom. The molecule has 20 heavy (non-hydrogen) atoms. The van der Waals surface area contributed by atoms with Gasteiger partial charge in [-0.3, -0.25) is 19.3 Å². The average molecular weight is 276 g/mol. The molecule has 2 rings (SSSR count). The molecule has 2 N–H and O–H groups in total. The van der Waals surface area contributed by atoms with Crippen LogP contribution in [0.15, 0.2) is 24.3 Å². The SMILES string of the molecule is O=C(CCCN1C(=O)c2ccccc2C1=O)NCCO. The van der Waals surface area contributed by atoms with Crippen LogP contribution >= 0.6 is 0 Å². The first-order valence-corrected chi connectivity index (χ1v) is 6.48. The number of nitrogens with zero attached hydrogens (tertiary/aromatic N) is 1. The second-order valence-electron chi connectivity index (χ2n) is 4.48. The van der Waals surface area contributed by atoms with Crippen LogP contribution in [0.1, 0.15) is 33.6 Å². The Labute approximate surface area is 116 Å². The van der Waals surface area contributed by atoms with E-state index in [4.69, 9.17) is 5.11 Å². The molecule has 0 aliphatic carbocycles. The molecule has 106 valence electrons. The number of fused-ring (bicyclic) bond motifs is 1. The van der Waals surface area contributed by atoms with Crippen LogP contribution in [0.5, 0.6) is 0 Å². The molecular weight excluding hydrogens is 260 g/mol. The van der Waals surface area contributed by atoms with E-state index in [1.54, 1.807) is 24.3 Å². The third-order valence-electron chi connectivity index (χ3n) is 3.10. The number of benzene rings is 1. The van der Waals surface area contributed by atoms with Crippen molar-refractivity contribution in [1.29, 1.82) is 0 Å². The number of hydrogen-bond donors (Lipinski definition) is 2. The van der Waals surface area contributed by atoms with E-state index < -0.39 is 0 Å². The minimum Gasteiger partial charge on any atom is -0.395 e. The Kier molecular flexibility index (Phi) is 4.47. The van der Waals surface area contributed by atoms with Crippen molar-refractivity contribution in [2.45, 2.75) is 12.8 Å². The number of nitrogens with one attached hydrogen (secondary N) is 1. The number of carbonyl (C=O) groups is 3. The van der Waals surface area contributed by atoms with Crippen molar-refractivity contribution in [3.63, 3.8) is 0 Å². The first-order valence-electron chi connectivity index (χ1n) is 6.48. The van der Waals surface area contributed by atoms with Crippen molar-refractivity contribution >= 4 is 17.7 Å². The second kappa shape index (κ2) is 6.29. The molecule has 6 heteroatoms. The fraction of sp³-hybridized carbons (Fsp3) is 0.357. The number of aliphatic hydroxyl groups excluding tert-OH is 1. The van der Waals surface area contributed by atoms with Crippen molar-refractivity contribution in [1.82, 2.24) is 10.2 Å². The molecule has 0 unspecified atom stereocenters. The summed E-state index contributed by atoms with van der Waals surface area (Å²) in [6, 6.07) is 6.69. The lowest BCUT2D eigenvalue weighted by atomic mass is 10.1. The Hall–Kier alpha value is -2.21. The Bertz CT molecular complexity index is 507. The molecule has 3 amide bonds. The monoisotopic (exact) mass is 276 g/mol. The van der Waals surface area contributed by atoms with Gasteiger partial charge >= 0.3 is 0 Å². The molecule has 1 aliphatic rings. The fourth-order valence-corrected chi connectivity index (χ4v) is 2.12. The van der Waals surface area contributed by atoms with Gasteiger partial charge in [0.25, 0.3) is 11.8 Å².